The number of fused-ring (bicyclic) bond motifs is 2. The third-order valence-electron chi connectivity index (χ3n) is 5.80. The van der Waals surface area contributed by atoms with Gasteiger partial charge >= 0.3 is 6.03 Å². The lowest BCUT2D eigenvalue weighted by molar-refractivity contribution is 0.262. The predicted molar refractivity (Wildman–Crippen MR) is 123 cm³/mol. The molecule has 0 aliphatic heterocycles. The van der Waals surface area contributed by atoms with Crippen LogP contribution in [0.15, 0.2) is 73.1 Å². The number of carbonyl (C=O) groups excluding carboxylic acids is 1. The van der Waals surface area contributed by atoms with E-state index in [9.17, 15) is 4.79 Å². The summed E-state index contributed by atoms with van der Waals surface area (Å²) in [4.78, 5) is 16.8. The van der Waals surface area contributed by atoms with Crippen molar-refractivity contribution in [3.8, 4) is 11.1 Å². The maximum atomic E-state index is 12.6. The molecule has 1 aliphatic rings. The van der Waals surface area contributed by atoms with Gasteiger partial charge in [-0.2, -0.15) is 0 Å². The number of rotatable bonds is 3. The number of aryl methyl sites for hydroxylation is 3. The van der Waals surface area contributed by atoms with E-state index >= 15 is 0 Å². The van der Waals surface area contributed by atoms with Gasteiger partial charge in [0.2, 0.25) is 0 Å². The Labute approximate surface area is 176 Å². The predicted octanol–water partition coefficient (Wildman–Crippen LogP) is 6.34. The maximum Gasteiger partial charge on any atom is 0.323 e. The molecule has 0 atom stereocenters. The van der Waals surface area contributed by atoms with E-state index in [0.29, 0.717) is 0 Å². The molecule has 0 bridgehead atoms. The van der Waals surface area contributed by atoms with E-state index < -0.39 is 0 Å². The highest BCUT2D eigenvalue weighted by atomic mass is 16.2. The lowest BCUT2D eigenvalue weighted by Gasteiger charge is -2.12. The molecule has 148 valence electrons. The molecule has 5 rings (SSSR count). The number of amides is 2. The molecule has 2 amide bonds. The molecule has 1 aromatic heterocycles. The average Bonchev–Trinajstić information content (AvgIpc) is 3.22. The van der Waals surface area contributed by atoms with E-state index in [-0.39, 0.29) is 6.03 Å². The number of nitrogens with one attached hydrogen (secondary N) is 2. The SMILES string of the molecule is Cc1ccc(NC(=O)Nc2ccc3c(c2)CCC3)cc1-c1ccc2ccncc2c1. The first kappa shape index (κ1) is 18.4. The Morgan fingerprint density at radius 2 is 1.63 bits per heavy atom. The largest absolute Gasteiger partial charge is 0.323 e. The molecule has 3 aromatic carbocycles. The topological polar surface area (TPSA) is 54.0 Å². The lowest BCUT2D eigenvalue weighted by atomic mass is 9.98. The van der Waals surface area contributed by atoms with Crippen LogP contribution in [0.5, 0.6) is 0 Å². The van der Waals surface area contributed by atoms with Gasteiger partial charge in [-0.05, 0) is 95.8 Å². The van der Waals surface area contributed by atoms with Crippen LogP contribution in [0.1, 0.15) is 23.1 Å². The number of anilines is 2. The van der Waals surface area contributed by atoms with Gasteiger partial charge in [0.1, 0.15) is 0 Å². The molecule has 0 unspecified atom stereocenters. The van der Waals surface area contributed by atoms with Gasteiger partial charge in [0.25, 0.3) is 0 Å². The Bertz CT molecular complexity index is 1260. The van der Waals surface area contributed by atoms with Crippen molar-refractivity contribution < 1.29 is 4.79 Å². The van der Waals surface area contributed by atoms with E-state index in [1.165, 1.54) is 17.5 Å². The van der Waals surface area contributed by atoms with Crippen LogP contribution in [0, 0.1) is 6.92 Å². The second-order valence-electron chi connectivity index (χ2n) is 7.88. The molecule has 30 heavy (non-hydrogen) atoms. The minimum Gasteiger partial charge on any atom is -0.308 e. The first-order chi connectivity index (χ1) is 14.7. The Hall–Kier alpha value is -3.66. The van der Waals surface area contributed by atoms with Gasteiger partial charge in [-0.25, -0.2) is 4.79 Å². The van der Waals surface area contributed by atoms with Crippen molar-refractivity contribution in [2.75, 3.05) is 10.6 Å². The molecular weight excluding hydrogens is 370 g/mol. The van der Waals surface area contributed by atoms with Crippen LogP contribution in [-0.2, 0) is 12.8 Å². The summed E-state index contributed by atoms with van der Waals surface area (Å²) in [6.07, 6.45) is 7.10. The molecule has 1 aliphatic carbocycles. The fraction of sp³-hybridized carbons (Fsp3) is 0.154. The van der Waals surface area contributed by atoms with Crippen molar-refractivity contribution in [3.05, 3.63) is 89.7 Å². The number of pyridine rings is 1. The fourth-order valence-electron chi connectivity index (χ4n) is 4.21. The highest BCUT2D eigenvalue weighted by molar-refractivity contribution is 6.00. The summed E-state index contributed by atoms with van der Waals surface area (Å²) in [5.74, 6) is 0. The summed E-state index contributed by atoms with van der Waals surface area (Å²) >= 11 is 0. The van der Waals surface area contributed by atoms with Crippen molar-refractivity contribution in [1.29, 1.82) is 0 Å². The van der Waals surface area contributed by atoms with Crippen LogP contribution < -0.4 is 10.6 Å². The van der Waals surface area contributed by atoms with Crippen LogP contribution in [0.3, 0.4) is 0 Å². The van der Waals surface area contributed by atoms with Crippen molar-refractivity contribution >= 4 is 28.2 Å². The van der Waals surface area contributed by atoms with Gasteiger partial charge in [0.15, 0.2) is 0 Å². The van der Waals surface area contributed by atoms with E-state index in [2.05, 4.69) is 52.9 Å². The van der Waals surface area contributed by atoms with Gasteiger partial charge in [-0.1, -0.05) is 24.3 Å². The fourth-order valence-corrected chi connectivity index (χ4v) is 4.21. The van der Waals surface area contributed by atoms with Gasteiger partial charge in [0, 0.05) is 29.2 Å². The smallest absolute Gasteiger partial charge is 0.308 e. The summed E-state index contributed by atoms with van der Waals surface area (Å²) in [5.41, 5.74) is 7.70. The van der Waals surface area contributed by atoms with Gasteiger partial charge in [-0.15, -0.1) is 0 Å². The summed E-state index contributed by atoms with van der Waals surface area (Å²) in [6.45, 7) is 2.08. The normalized spacial score (nSPS) is 12.6. The quantitative estimate of drug-likeness (QED) is 0.426. The first-order valence-corrected chi connectivity index (χ1v) is 10.3. The molecule has 4 aromatic rings. The molecule has 4 heteroatoms. The van der Waals surface area contributed by atoms with Crippen molar-refractivity contribution in [3.63, 3.8) is 0 Å². The molecule has 0 saturated carbocycles. The number of benzene rings is 3. The zero-order chi connectivity index (χ0) is 20.5. The zero-order valence-electron chi connectivity index (χ0n) is 16.9. The lowest BCUT2D eigenvalue weighted by Crippen LogP contribution is -2.19. The highest BCUT2D eigenvalue weighted by Crippen LogP contribution is 2.29. The van der Waals surface area contributed by atoms with Crippen molar-refractivity contribution in [1.82, 2.24) is 4.98 Å². The van der Waals surface area contributed by atoms with Crippen molar-refractivity contribution in [2.45, 2.75) is 26.2 Å². The van der Waals surface area contributed by atoms with Gasteiger partial charge in [-0.3, -0.25) is 4.98 Å². The Morgan fingerprint density at radius 1 is 0.833 bits per heavy atom. The maximum absolute atomic E-state index is 12.6. The minimum atomic E-state index is -0.231. The second kappa shape index (κ2) is 7.64. The van der Waals surface area contributed by atoms with Crippen LogP contribution in [0.25, 0.3) is 21.9 Å². The second-order valence-corrected chi connectivity index (χ2v) is 7.88. The van der Waals surface area contributed by atoms with Crippen LogP contribution >= 0.6 is 0 Å². The molecule has 0 saturated heterocycles. The number of urea groups is 1. The minimum absolute atomic E-state index is 0.231. The molecule has 4 nitrogen and oxygen atoms in total. The number of nitrogens with zero attached hydrogens (tertiary/aromatic N) is 1. The summed E-state index contributed by atoms with van der Waals surface area (Å²) in [7, 11) is 0. The van der Waals surface area contributed by atoms with E-state index in [0.717, 1.165) is 51.7 Å². The Balaban J connectivity index is 1.37. The van der Waals surface area contributed by atoms with E-state index in [4.69, 9.17) is 0 Å². The molecule has 0 fully saturated rings. The summed E-state index contributed by atoms with van der Waals surface area (Å²) < 4.78 is 0. The molecule has 1 heterocycles. The van der Waals surface area contributed by atoms with Gasteiger partial charge < -0.3 is 10.6 Å². The number of aromatic nitrogens is 1. The number of carbonyl (C=O) groups is 1. The molecule has 0 spiro atoms. The molecule has 0 radical (unpaired) electrons. The third-order valence-corrected chi connectivity index (χ3v) is 5.80. The van der Waals surface area contributed by atoms with E-state index in [1.807, 2.05) is 36.5 Å². The zero-order valence-corrected chi connectivity index (χ0v) is 16.9. The standard InChI is InChI=1S/C26H23N3O/c1-17-5-9-24(15-25(17)21-7-6-19-11-12-27-16-22(19)13-21)29-26(30)28-23-10-8-18-3-2-4-20(18)14-23/h5-16H,2-4H2,1H3,(H2,28,29,30). The first-order valence-electron chi connectivity index (χ1n) is 10.3. The Kier molecular flexibility index (Phi) is 4.68. The van der Waals surface area contributed by atoms with Crippen LogP contribution in [0.4, 0.5) is 16.2 Å². The average molecular weight is 393 g/mol. The summed E-state index contributed by atoms with van der Waals surface area (Å²) in [5, 5.41) is 8.19. The van der Waals surface area contributed by atoms with Crippen LogP contribution in [-0.4, -0.2) is 11.0 Å². The number of hydrogen-bond donors (Lipinski definition) is 2. The van der Waals surface area contributed by atoms with Gasteiger partial charge in [0.05, 0.1) is 0 Å². The molecule has 2 N–H and O–H groups in total. The van der Waals surface area contributed by atoms with Crippen LogP contribution in [0.2, 0.25) is 0 Å². The number of hydrogen-bond acceptors (Lipinski definition) is 2. The molecular formula is C26H23N3O. The monoisotopic (exact) mass is 393 g/mol. The van der Waals surface area contributed by atoms with E-state index in [1.54, 1.807) is 6.20 Å². The summed E-state index contributed by atoms with van der Waals surface area (Å²) in [6, 6.07) is 20.3. The van der Waals surface area contributed by atoms with Crippen molar-refractivity contribution in [2.24, 2.45) is 0 Å². The third kappa shape index (κ3) is 3.64. The highest BCUT2D eigenvalue weighted by Gasteiger charge is 2.12. The Morgan fingerprint density at radius 3 is 2.53 bits per heavy atom.